The molecule has 1 atom stereocenters. The van der Waals surface area contributed by atoms with Crippen molar-refractivity contribution in [3.63, 3.8) is 0 Å². The second kappa shape index (κ2) is 7.96. The first-order valence-corrected chi connectivity index (χ1v) is 8.18. The van der Waals surface area contributed by atoms with Crippen LogP contribution in [-0.4, -0.2) is 33.8 Å². The van der Waals surface area contributed by atoms with Gasteiger partial charge in [-0.1, -0.05) is 30.7 Å². The third-order valence-corrected chi connectivity index (χ3v) is 4.19. The monoisotopic (exact) mass is 369 g/mol. The molecule has 3 N–H and O–H groups in total. The average Bonchev–Trinajstić information content (AvgIpc) is 3.31. The lowest BCUT2D eigenvalue weighted by Gasteiger charge is -2.08. The lowest BCUT2D eigenvalue weighted by atomic mass is 10.2. The van der Waals surface area contributed by atoms with E-state index >= 15 is 0 Å². The number of amides is 1. The zero-order valence-corrected chi connectivity index (χ0v) is 15.0. The van der Waals surface area contributed by atoms with Crippen LogP contribution in [0.5, 0.6) is 0 Å². The lowest BCUT2D eigenvalue weighted by Crippen LogP contribution is -2.32. The van der Waals surface area contributed by atoms with Crippen molar-refractivity contribution in [2.75, 3.05) is 13.1 Å². The molecule has 1 unspecified atom stereocenters. The highest BCUT2D eigenvalue weighted by atomic mass is 35.5. The Morgan fingerprint density at radius 2 is 2.17 bits per heavy atom. The summed E-state index contributed by atoms with van der Waals surface area (Å²) in [5.41, 5.74) is 6.31. The average molecular weight is 370 g/mol. The van der Waals surface area contributed by atoms with E-state index in [9.17, 15) is 4.79 Å². The number of benzene rings is 1. The zero-order chi connectivity index (χ0) is 16.4. The SMILES string of the molecule is CC(CN)CNC(=O)c1nc(C2CC2)n(-c2ccccc2Cl)n1.Cl. The van der Waals surface area contributed by atoms with Gasteiger partial charge in [0.25, 0.3) is 5.91 Å². The largest absolute Gasteiger partial charge is 0.349 e. The number of nitrogens with one attached hydrogen (secondary N) is 1. The van der Waals surface area contributed by atoms with Crippen LogP contribution in [-0.2, 0) is 0 Å². The molecule has 8 heteroatoms. The highest BCUT2D eigenvalue weighted by Crippen LogP contribution is 2.40. The van der Waals surface area contributed by atoms with Crippen molar-refractivity contribution >= 4 is 29.9 Å². The number of carbonyl (C=O) groups excluding carboxylic acids is 1. The highest BCUT2D eigenvalue weighted by molar-refractivity contribution is 6.32. The van der Waals surface area contributed by atoms with Crippen LogP contribution in [0.4, 0.5) is 0 Å². The first kappa shape index (κ1) is 18.7. The minimum absolute atomic E-state index is 0. The van der Waals surface area contributed by atoms with E-state index in [1.54, 1.807) is 10.7 Å². The van der Waals surface area contributed by atoms with Gasteiger partial charge < -0.3 is 11.1 Å². The van der Waals surface area contributed by atoms with Gasteiger partial charge in [-0.25, -0.2) is 9.67 Å². The molecule has 0 spiro atoms. The molecule has 3 rings (SSSR count). The summed E-state index contributed by atoms with van der Waals surface area (Å²) in [5.74, 6) is 1.26. The molecule has 1 aliphatic rings. The van der Waals surface area contributed by atoms with Crippen LogP contribution in [0.15, 0.2) is 24.3 Å². The molecular formula is C16H21Cl2N5O. The van der Waals surface area contributed by atoms with Crippen LogP contribution in [0.1, 0.15) is 42.1 Å². The number of carbonyl (C=O) groups is 1. The van der Waals surface area contributed by atoms with Gasteiger partial charge in [-0.05, 0) is 37.4 Å². The molecule has 1 aromatic heterocycles. The van der Waals surface area contributed by atoms with Crippen molar-refractivity contribution < 1.29 is 4.79 Å². The normalized spacial score (nSPS) is 14.8. The van der Waals surface area contributed by atoms with Crippen LogP contribution in [0.25, 0.3) is 5.69 Å². The number of nitrogens with two attached hydrogens (primary N) is 1. The summed E-state index contributed by atoms with van der Waals surface area (Å²) in [6, 6.07) is 7.43. The van der Waals surface area contributed by atoms with Crippen LogP contribution in [0.2, 0.25) is 5.02 Å². The Hall–Kier alpha value is -1.63. The molecule has 1 fully saturated rings. The van der Waals surface area contributed by atoms with Gasteiger partial charge in [0.1, 0.15) is 5.82 Å². The number of hydrogen-bond acceptors (Lipinski definition) is 4. The van der Waals surface area contributed by atoms with Crippen LogP contribution < -0.4 is 11.1 Å². The van der Waals surface area contributed by atoms with Crippen molar-refractivity contribution in [3.8, 4) is 5.69 Å². The van der Waals surface area contributed by atoms with Crippen LogP contribution >= 0.6 is 24.0 Å². The molecule has 0 aliphatic heterocycles. The molecule has 24 heavy (non-hydrogen) atoms. The van der Waals surface area contributed by atoms with Gasteiger partial charge in [-0.15, -0.1) is 17.5 Å². The lowest BCUT2D eigenvalue weighted by molar-refractivity contribution is 0.0938. The Morgan fingerprint density at radius 1 is 1.46 bits per heavy atom. The fourth-order valence-electron chi connectivity index (χ4n) is 2.26. The fraction of sp³-hybridized carbons (Fsp3) is 0.438. The Kier molecular flexibility index (Phi) is 6.21. The summed E-state index contributed by atoms with van der Waals surface area (Å²) in [5, 5.41) is 7.80. The summed E-state index contributed by atoms with van der Waals surface area (Å²) in [6.07, 6.45) is 2.13. The molecular weight excluding hydrogens is 349 g/mol. The molecule has 130 valence electrons. The summed E-state index contributed by atoms with van der Waals surface area (Å²) in [6.45, 7) is 3.01. The van der Waals surface area contributed by atoms with Gasteiger partial charge in [0.15, 0.2) is 0 Å². The van der Waals surface area contributed by atoms with Gasteiger partial charge in [0.2, 0.25) is 5.82 Å². The topological polar surface area (TPSA) is 85.8 Å². The molecule has 1 aromatic carbocycles. The van der Waals surface area contributed by atoms with E-state index in [1.165, 1.54) is 0 Å². The van der Waals surface area contributed by atoms with Crippen LogP contribution in [0.3, 0.4) is 0 Å². The number of nitrogens with zero attached hydrogens (tertiary/aromatic N) is 3. The predicted octanol–water partition coefficient (Wildman–Crippen LogP) is 2.54. The first-order chi connectivity index (χ1) is 11.1. The minimum atomic E-state index is -0.280. The molecule has 2 aromatic rings. The number of para-hydroxylation sites is 1. The Morgan fingerprint density at radius 3 is 2.79 bits per heavy atom. The molecule has 1 heterocycles. The third-order valence-electron chi connectivity index (χ3n) is 3.87. The van der Waals surface area contributed by atoms with E-state index in [4.69, 9.17) is 17.3 Å². The molecule has 1 amide bonds. The zero-order valence-electron chi connectivity index (χ0n) is 13.4. The first-order valence-electron chi connectivity index (χ1n) is 7.80. The summed E-state index contributed by atoms with van der Waals surface area (Å²) in [4.78, 5) is 16.7. The van der Waals surface area contributed by atoms with Crippen LogP contribution in [0, 0.1) is 5.92 Å². The Balaban J connectivity index is 0.00000208. The van der Waals surface area contributed by atoms with Crippen molar-refractivity contribution in [1.82, 2.24) is 20.1 Å². The standard InChI is InChI=1S/C16H20ClN5O.ClH/c1-10(8-18)9-19-16(23)14-20-15(11-6-7-11)22(21-14)13-5-3-2-4-12(13)17;/h2-5,10-11H,6-9,18H2,1H3,(H,19,23);1H. The second-order valence-corrected chi connectivity index (χ2v) is 6.39. The fourth-order valence-corrected chi connectivity index (χ4v) is 2.47. The smallest absolute Gasteiger partial charge is 0.290 e. The minimum Gasteiger partial charge on any atom is -0.349 e. The van der Waals surface area contributed by atoms with E-state index in [-0.39, 0.29) is 30.1 Å². The maximum absolute atomic E-state index is 12.3. The highest BCUT2D eigenvalue weighted by Gasteiger charge is 2.32. The Labute approximate surface area is 152 Å². The van der Waals surface area contributed by atoms with Gasteiger partial charge in [-0.2, -0.15) is 0 Å². The van der Waals surface area contributed by atoms with E-state index in [0.717, 1.165) is 24.4 Å². The van der Waals surface area contributed by atoms with Crippen molar-refractivity contribution in [3.05, 3.63) is 40.9 Å². The second-order valence-electron chi connectivity index (χ2n) is 5.98. The maximum Gasteiger partial charge on any atom is 0.290 e. The molecule has 0 radical (unpaired) electrons. The van der Waals surface area contributed by atoms with Crippen molar-refractivity contribution in [2.24, 2.45) is 11.7 Å². The van der Waals surface area contributed by atoms with Gasteiger partial charge >= 0.3 is 0 Å². The van der Waals surface area contributed by atoms with E-state index in [1.807, 2.05) is 25.1 Å². The van der Waals surface area contributed by atoms with Crippen molar-refractivity contribution in [1.29, 1.82) is 0 Å². The van der Waals surface area contributed by atoms with Crippen molar-refractivity contribution in [2.45, 2.75) is 25.7 Å². The number of halogens is 2. The number of rotatable bonds is 6. The molecule has 1 saturated carbocycles. The molecule has 6 nitrogen and oxygen atoms in total. The predicted molar refractivity (Wildman–Crippen MR) is 96.1 cm³/mol. The molecule has 0 bridgehead atoms. The van der Waals surface area contributed by atoms with Gasteiger partial charge in [0.05, 0.1) is 10.7 Å². The molecule has 0 saturated heterocycles. The Bertz CT molecular complexity index is 714. The number of aromatic nitrogens is 3. The van der Waals surface area contributed by atoms with E-state index in [0.29, 0.717) is 24.0 Å². The van der Waals surface area contributed by atoms with Gasteiger partial charge in [-0.3, -0.25) is 4.79 Å². The quantitative estimate of drug-likeness (QED) is 0.818. The number of hydrogen-bond donors (Lipinski definition) is 2. The maximum atomic E-state index is 12.3. The summed E-state index contributed by atoms with van der Waals surface area (Å²) in [7, 11) is 0. The van der Waals surface area contributed by atoms with E-state index in [2.05, 4.69) is 15.4 Å². The third kappa shape index (κ3) is 4.06. The summed E-state index contributed by atoms with van der Waals surface area (Å²) >= 11 is 6.26. The van der Waals surface area contributed by atoms with E-state index < -0.39 is 0 Å². The van der Waals surface area contributed by atoms with Gasteiger partial charge in [0, 0.05) is 12.5 Å². The molecule has 1 aliphatic carbocycles. The summed E-state index contributed by atoms with van der Waals surface area (Å²) < 4.78 is 1.70.